The van der Waals surface area contributed by atoms with Crippen molar-refractivity contribution < 1.29 is 9.90 Å². The number of aliphatic hydroxyl groups excluding tert-OH is 1. The molecule has 0 saturated carbocycles. The molecule has 1 atom stereocenters. The largest absolute Gasteiger partial charge is 0.392 e. The summed E-state index contributed by atoms with van der Waals surface area (Å²) in [7, 11) is 0. The number of hydrogen-bond donors (Lipinski definition) is 2. The van der Waals surface area contributed by atoms with E-state index in [9.17, 15) is 9.90 Å². The topological polar surface area (TPSA) is 52.6 Å². The highest BCUT2D eigenvalue weighted by Gasteiger charge is 2.29. The average Bonchev–Trinajstić information content (AvgIpc) is 2.55. The van der Waals surface area contributed by atoms with Crippen molar-refractivity contribution in [2.24, 2.45) is 0 Å². The lowest BCUT2D eigenvalue weighted by Gasteiger charge is -2.34. The Kier molecular flexibility index (Phi) is 3.88. The molecular weight excluding hydrogens is 264 g/mol. The fourth-order valence-electron chi connectivity index (χ4n) is 2.77. The molecule has 2 aromatic carbocycles. The van der Waals surface area contributed by atoms with Crippen LogP contribution in [0.3, 0.4) is 0 Å². The van der Waals surface area contributed by atoms with Crippen molar-refractivity contribution in [3.8, 4) is 0 Å². The van der Waals surface area contributed by atoms with Gasteiger partial charge in [-0.25, -0.2) is 0 Å². The fourth-order valence-corrected chi connectivity index (χ4v) is 2.77. The summed E-state index contributed by atoms with van der Waals surface area (Å²) in [4.78, 5) is 12.4. The minimum atomic E-state index is -0.201. The lowest BCUT2D eigenvalue weighted by molar-refractivity contribution is -0.124. The van der Waals surface area contributed by atoms with Crippen LogP contribution in [0.2, 0.25) is 0 Å². The van der Waals surface area contributed by atoms with Gasteiger partial charge in [-0.3, -0.25) is 15.2 Å². The summed E-state index contributed by atoms with van der Waals surface area (Å²) in [5, 5.41) is 11.3. The van der Waals surface area contributed by atoms with E-state index in [2.05, 4.69) is 5.43 Å². The third kappa shape index (κ3) is 2.76. The van der Waals surface area contributed by atoms with Gasteiger partial charge in [-0.2, -0.15) is 0 Å². The smallest absolute Gasteiger partial charge is 0.246 e. The SMILES string of the molecule is O=C1NN(c2ccccc2)CCC1c1ccccc1CO. The van der Waals surface area contributed by atoms with E-state index >= 15 is 0 Å². The maximum atomic E-state index is 12.4. The minimum absolute atomic E-state index is 0.0222. The summed E-state index contributed by atoms with van der Waals surface area (Å²) >= 11 is 0. The number of nitrogens with zero attached hydrogens (tertiary/aromatic N) is 1. The maximum Gasteiger partial charge on any atom is 0.246 e. The van der Waals surface area contributed by atoms with Gasteiger partial charge in [0.2, 0.25) is 5.91 Å². The minimum Gasteiger partial charge on any atom is -0.392 e. The molecule has 2 aromatic rings. The highest BCUT2D eigenvalue weighted by Crippen LogP contribution is 2.28. The molecule has 1 aliphatic rings. The molecule has 0 bridgehead atoms. The van der Waals surface area contributed by atoms with E-state index in [1.54, 1.807) is 0 Å². The first-order chi connectivity index (χ1) is 10.3. The zero-order valence-corrected chi connectivity index (χ0v) is 11.7. The van der Waals surface area contributed by atoms with Crippen molar-refractivity contribution in [1.82, 2.24) is 5.43 Å². The highest BCUT2D eigenvalue weighted by atomic mass is 16.3. The van der Waals surface area contributed by atoms with Gasteiger partial charge in [-0.1, -0.05) is 42.5 Å². The molecule has 1 saturated heterocycles. The molecule has 0 aromatic heterocycles. The first kappa shape index (κ1) is 13.6. The fraction of sp³-hybridized carbons (Fsp3) is 0.235. The van der Waals surface area contributed by atoms with Gasteiger partial charge >= 0.3 is 0 Å². The van der Waals surface area contributed by atoms with Gasteiger partial charge in [0.15, 0.2) is 0 Å². The zero-order valence-electron chi connectivity index (χ0n) is 11.7. The number of hydrazine groups is 1. The number of carbonyl (C=O) groups excluding carboxylic acids is 1. The zero-order chi connectivity index (χ0) is 14.7. The Labute approximate surface area is 124 Å². The number of nitrogens with one attached hydrogen (secondary N) is 1. The third-order valence-electron chi connectivity index (χ3n) is 3.87. The van der Waals surface area contributed by atoms with Crippen molar-refractivity contribution in [2.45, 2.75) is 18.9 Å². The molecule has 1 fully saturated rings. The molecule has 0 aliphatic carbocycles. The Morgan fingerprint density at radius 2 is 1.81 bits per heavy atom. The number of rotatable bonds is 3. The first-order valence-corrected chi connectivity index (χ1v) is 7.11. The Bertz CT molecular complexity index is 628. The molecule has 1 unspecified atom stereocenters. The van der Waals surface area contributed by atoms with Crippen LogP contribution in [0, 0.1) is 0 Å². The number of anilines is 1. The first-order valence-electron chi connectivity index (χ1n) is 7.11. The molecular formula is C17H18N2O2. The predicted molar refractivity (Wildman–Crippen MR) is 81.7 cm³/mol. The summed E-state index contributed by atoms with van der Waals surface area (Å²) in [5.41, 5.74) is 5.68. The number of hydrogen-bond acceptors (Lipinski definition) is 3. The van der Waals surface area contributed by atoms with Crippen LogP contribution in [-0.2, 0) is 11.4 Å². The molecule has 3 rings (SSSR count). The van der Waals surface area contributed by atoms with Crippen LogP contribution in [0.5, 0.6) is 0 Å². The number of aliphatic hydroxyl groups is 1. The van der Waals surface area contributed by atoms with E-state index in [-0.39, 0.29) is 18.4 Å². The molecule has 1 aliphatic heterocycles. The third-order valence-corrected chi connectivity index (χ3v) is 3.87. The van der Waals surface area contributed by atoms with Gasteiger partial charge in [0.05, 0.1) is 18.2 Å². The van der Waals surface area contributed by atoms with Crippen LogP contribution >= 0.6 is 0 Å². The van der Waals surface area contributed by atoms with Crippen molar-refractivity contribution in [2.75, 3.05) is 11.6 Å². The van der Waals surface area contributed by atoms with Gasteiger partial charge in [-0.05, 0) is 29.7 Å². The molecule has 2 N–H and O–H groups in total. The second-order valence-electron chi connectivity index (χ2n) is 5.16. The molecule has 4 nitrogen and oxygen atoms in total. The molecule has 1 heterocycles. The summed E-state index contributed by atoms with van der Waals surface area (Å²) < 4.78 is 0. The maximum absolute atomic E-state index is 12.4. The number of benzene rings is 2. The van der Waals surface area contributed by atoms with Crippen LogP contribution in [0.1, 0.15) is 23.5 Å². The molecule has 4 heteroatoms. The Balaban J connectivity index is 1.79. The average molecular weight is 282 g/mol. The Hall–Kier alpha value is -2.33. The standard InChI is InChI=1S/C17H18N2O2/c20-12-13-6-4-5-9-15(13)16-10-11-19(18-17(16)21)14-7-2-1-3-8-14/h1-9,16,20H,10-12H2,(H,18,21). The highest BCUT2D eigenvalue weighted by molar-refractivity contribution is 5.86. The number of para-hydroxylation sites is 1. The van der Waals surface area contributed by atoms with Gasteiger partial charge < -0.3 is 5.11 Å². The van der Waals surface area contributed by atoms with E-state index in [0.29, 0.717) is 0 Å². The second kappa shape index (κ2) is 5.97. The molecule has 21 heavy (non-hydrogen) atoms. The van der Waals surface area contributed by atoms with Crippen LogP contribution in [0.25, 0.3) is 0 Å². The van der Waals surface area contributed by atoms with Crippen molar-refractivity contribution in [1.29, 1.82) is 0 Å². The molecule has 0 spiro atoms. The van der Waals surface area contributed by atoms with Gasteiger partial charge in [0, 0.05) is 6.54 Å². The van der Waals surface area contributed by atoms with Crippen molar-refractivity contribution in [3.05, 3.63) is 65.7 Å². The quantitative estimate of drug-likeness (QED) is 0.907. The lowest BCUT2D eigenvalue weighted by atomic mass is 9.90. The van der Waals surface area contributed by atoms with E-state index in [0.717, 1.165) is 29.8 Å². The van der Waals surface area contributed by atoms with Gasteiger partial charge in [0.1, 0.15) is 0 Å². The van der Waals surface area contributed by atoms with Crippen LogP contribution < -0.4 is 10.4 Å². The number of amides is 1. The van der Waals surface area contributed by atoms with E-state index in [4.69, 9.17) is 0 Å². The van der Waals surface area contributed by atoms with Crippen molar-refractivity contribution in [3.63, 3.8) is 0 Å². The summed E-state index contributed by atoms with van der Waals surface area (Å²) in [6.07, 6.45) is 0.734. The van der Waals surface area contributed by atoms with Crippen LogP contribution in [0.15, 0.2) is 54.6 Å². The summed E-state index contributed by atoms with van der Waals surface area (Å²) in [5.74, 6) is -0.223. The molecule has 108 valence electrons. The predicted octanol–water partition coefficient (Wildman–Crippen LogP) is 2.20. The normalized spacial score (nSPS) is 18.4. The summed E-state index contributed by atoms with van der Waals surface area (Å²) in [6, 6.07) is 17.4. The molecule has 1 amide bonds. The van der Waals surface area contributed by atoms with Gasteiger partial charge in [0.25, 0.3) is 0 Å². The number of carbonyl (C=O) groups is 1. The lowest BCUT2D eigenvalue weighted by Crippen LogP contribution is -2.50. The molecule has 0 radical (unpaired) electrons. The monoisotopic (exact) mass is 282 g/mol. The second-order valence-corrected chi connectivity index (χ2v) is 5.16. The van der Waals surface area contributed by atoms with Crippen LogP contribution in [-0.4, -0.2) is 17.6 Å². The van der Waals surface area contributed by atoms with Crippen LogP contribution in [0.4, 0.5) is 5.69 Å². The van der Waals surface area contributed by atoms with Crippen molar-refractivity contribution >= 4 is 11.6 Å². The van der Waals surface area contributed by atoms with E-state index in [1.807, 2.05) is 59.6 Å². The Morgan fingerprint density at radius 1 is 1.10 bits per heavy atom. The van der Waals surface area contributed by atoms with E-state index < -0.39 is 0 Å². The van der Waals surface area contributed by atoms with E-state index in [1.165, 1.54) is 0 Å². The van der Waals surface area contributed by atoms with Gasteiger partial charge in [-0.15, -0.1) is 0 Å². The summed E-state index contributed by atoms with van der Waals surface area (Å²) in [6.45, 7) is 0.711. The Morgan fingerprint density at radius 3 is 2.52 bits per heavy atom.